The minimum absolute atomic E-state index is 0.0698. The fraction of sp³-hybridized carbons (Fsp3) is 1.00. The quantitative estimate of drug-likeness (QED) is 0.684. The molecule has 0 amide bonds. The summed E-state index contributed by atoms with van der Waals surface area (Å²) >= 11 is 5.39. The van der Waals surface area contributed by atoms with Crippen molar-refractivity contribution in [1.29, 1.82) is 0 Å². The van der Waals surface area contributed by atoms with E-state index in [-0.39, 0.29) is 24.1 Å². The molecule has 0 radical (unpaired) electrons. The van der Waals surface area contributed by atoms with Crippen molar-refractivity contribution in [2.24, 2.45) is 5.92 Å². The highest BCUT2D eigenvalue weighted by Gasteiger charge is 2.34. The van der Waals surface area contributed by atoms with Crippen LogP contribution in [-0.2, 0) is 10.0 Å². The summed E-state index contributed by atoms with van der Waals surface area (Å²) in [6.07, 6.45) is -0.762. The lowest BCUT2D eigenvalue weighted by Gasteiger charge is -2.16. The van der Waals surface area contributed by atoms with Crippen LogP contribution < -0.4 is 0 Å². The van der Waals surface area contributed by atoms with E-state index in [9.17, 15) is 13.5 Å². The number of hydrogen-bond donors (Lipinski definition) is 1. The first-order chi connectivity index (χ1) is 5.95. The topological polar surface area (TPSA) is 57.6 Å². The standard InChI is InChI=1S/C7H14ClNO3S/c1-6-3-9(4-7(10)2-8)13(11,12)5-6/h6-7,10H,2-5H2,1H3. The summed E-state index contributed by atoms with van der Waals surface area (Å²) in [6, 6.07) is 0. The Kier molecular flexibility index (Phi) is 3.57. The highest BCUT2D eigenvalue weighted by molar-refractivity contribution is 7.89. The van der Waals surface area contributed by atoms with Gasteiger partial charge in [0.15, 0.2) is 0 Å². The zero-order valence-corrected chi connectivity index (χ0v) is 9.05. The Balaban J connectivity index is 2.60. The second-order valence-electron chi connectivity index (χ2n) is 3.51. The van der Waals surface area contributed by atoms with E-state index in [2.05, 4.69) is 0 Å². The van der Waals surface area contributed by atoms with Gasteiger partial charge >= 0.3 is 0 Å². The molecule has 4 nitrogen and oxygen atoms in total. The van der Waals surface area contributed by atoms with Gasteiger partial charge in [-0.3, -0.25) is 0 Å². The molecular weight excluding hydrogens is 214 g/mol. The number of aliphatic hydroxyl groups is 1. The molecule has 1 heterocycles. The molecule has 6 heteroatoms. The predicted octanol–water partition coefficient (Wildman–Crippen LogP) is -0.132. The number of β-amino-alcohol motifs (C(OH)–C–C–N with tert-alkyl or cyclic N) is 1. The third-order valence-electron chi connectivity index (χ3n) is 2.00. The normalized spacial score (nSPS) is 30.5. The molecule has 2 unspecified atom stereocenters. The first-order valence-corrected chi connectivity index (χ1v) is 6.32. The fourth-order valence-electron chi connectivity index (χ4n) is 1.45. The largest absolute Gasteiger partial charge is 0.391 e. The molecule has 78 valence electrons. The molecule has 0 aromatic rings. The Hall–Kier alpha value is 0.160. The zero-order valence-electron chi connectivity index (χ0n) is 7.48. The van der Waals surface area contributed by atoms with Gasteiger partial charge in [-0.05, 0) is 5.92 Å². The van der Waals surface area contributed by atoms with Crippen LogP contribution in [0.2, 0.25) is 0 Å². The van der Waals surface area contributed by atoms with Gasteiger partial charge in [0.25, 0.3) is 0 Å². The molecule has 1 aliphatic heterocycles. The second-order valence-corrected chi connectivity index (χ2v) is 5.83. The van der Waals surface area contributed by atoms with Gasteiger partial charge in [0.05, 0.1) is 11.9 Å². The maximum atomic E-state index is 11.4. The maximum absolute atomic E-state index is 11.4. The van der Waals surface area contributed by atoms with Crippen LogP contribution in [0.3, 0.4) is 0 Å². The Morgan fingerprint density at radius 3 is 2.69 bits per heavy atom. The van der Waals surface area contributed by atoms with Crippen LogP contribution in [0.15, 0.2) is 0 Å². The van der Waals surface area contributed by atoms with Crippen molar-refractivity contribution in [2.75, 3.05) is 24.7 Å². The summed E-state index contributed by atoms with van der Waals surface area (Å²) in [5.74, 6) is 0.398. The SMILES string of the molecule is CC1CN(CC(O)CCl)S(=O)(=O)C1. The number of sulfonamides is 1. The van der Waals surface area contributed by atoms with E-state index < -0.39 is 16.1 Å². The highest BCUT2D eigenvalue weighted by atomic mass is 35.5. The lowest BCUT2D eigenvalue weighted by Crippen LogP contribution is -2.34. The molecule has 13 heavy (non-hydrogen) atoms. The highest BCUT2D eigenvalue weighted by Crippen LogP contribution is 2.18. The number of aliphatic hydroxyl groups excluding tert-OH is 1. The summed E-state index contributed by atoms with van der Waals surface area (Å²) < 4.78 is 24.1. The number of alkyl halides is 1. The number of hydrogen-bond acceptors (Lipinski definition) is 3. The van der Waals surface area contributed by atoms with E-state index in [1.54, 1.807) is 0 Å². The molecule has 0 aliphatic carbocycles. The average Bonchev–Trinajstić information content (AvgIpc) is 2.24. The molecule has 0 bridgehead atoms. The zero-order chi connectivity index (χ0) is 10.1. The van der Waals surface area contributed by atoms with E-state index in [0.717, 1.165) is 0 Å². The van der Waals surface area contributed by atoms with Gasteiger partial charge in [-0.15, -0.1) is 11.6 Å². The first-order valence-electron chi connectivity index (χ1n) is 4.17. The molecule has 1 rings (SSSR count). The summed E-state index contributed by atoms with van der Waals surface area (Å²) in [6.45, 7) is 2.50. The van der Waals surface area contributed by atoms with Crippen LogP contribution in [0.25, 0.3) is 0 Å². The Labute approximate surface area is 83.5 Å². The fourth-order valence-corrected chi connectivity index (χ4v) is 3.46. The van der Waals surface area contributed by atoms with Crippen molar-refractivity contribution in [3.63, 3.8) is 0 Å². The molecule has 1 saturated heterocycles. The summed E-state index contributed by atoms with van der Waals surface area (Å²) in [7, 11) is -3.13. The summed E-state index contributed by atoms with van der Waals surface area (Å²) in [4.78, 5) is 0. The lowest BCUT2D eigenvalue weighted by molar-refractivity contribution is 0.167. The Morgan fingerprint density at radius 2 is 2.31 bits per heavy atom. The summed E-state index contributed by atoms with van der Waals surface area (Å²) in [5, 5.41) is 9.20. The predicted molar refractivity (Wildman–Crippen MR) is 51.3 cm³/mol. The molecule has 1 N–H and O–H groups in total. The Bertz CT molecular complexity index is 267. The minimum atomic E-state index is -3.13. The molecular formula is C7H14ClNO3S. The smallest absolute Gasteiger partial charge is 0.214 e. The van der Waals surface area contributed by atoms with Gasteiger partial charge in [0.1, 0.15) is 0 Å². The van der Waals surface area contributed by atoms with Crippen LogP contribution >= 0.6 is 11.6 Å². The van der Waals surface area contributed by atoms with E-state index in [0.29, 0.717) is 6.54 Å². The van der Waals surface area contributed by atoms with Crippen LogP contribution in [0.4, 0.5) is 0 Å². The molecule has 1 aliphatic rings. The lowest BCUT2D eigenvalue weighted by atomic mass is 10.2. The minimum Gasteiger partial charge on any atom is -0.391 e. The van der Waals surface area contributed by atoms with Gasteiger partial charge in [0, 0.05) is 19.0 Å². The molecule has 0 spiro atoms. The molecule has 2 atom stereocenters. The average molecular weight is 228 g/mol. The number of halogens is 1. The van der Waals surface area contributed by atoms with Gasteiger partial charge in [-0.2, -0.15) is 4.31 Å². The van der Waals surface area contributed by atoms with Crippen LogP contribution in [0.1, 0.15) is 6.92 Å². The van der Waals surface area contributed by atoms with Crippen LogP contribution in [0.5, 0.6) is 0 Å². The van der Waals surface area contributed by atoms with Crippen molar-refractivity contribution < 1.29 is 13.5 Å². The third kappa shape index (κ3) is 2.80. The Morgan fingerprint density at radius 1 is 1.69 bits per heavy atom. The van der Waals surface area contributed by atoms with Crippen LogP contribution in [-0.4, -0.2) is 48.7 Å². The van der Waals surface area contributed by atoms with Gasteiger partial charge in [-0.25, -0.2) is 8.42 Å². The summed E-state index contributed by atoms with van der Waals surface area (Å²) in [5.41, 5.74) is 0. The first kappa shape index (κ1) is 11.2. The van der Waals surface area contributed by atoms with E-state index >= 15 is 0 Å². The monoisotopic (exact) mass is 227 g/mol. The van der Waals surface area contributed by atoms with E-state index in [1.807, 2.05) is 6.92 Å². The van der Waals surface area contributed by atoms with Crippen molar-refractivity contribution in [3.8, 4) is 0 Å². The van der Waals surface area contributed by atoms with Gasteiger partial charge in [-0.1, -0.05) is 6.92 Å². The van der Waals surface area contributed by atoms with Crippen molar-refractivity contribution in [2.45, 2.75) is 13.0 Å². The molecule has 0 aromatic carbocycles. The van der Waals surface area contributed by atoms with Crippen molar-refractivity contribution in [3.05, 3.63) is 0 Å². The molecule has 0 saturated carbocycles. The van der Waals surface area contributed by atoms with E-state index in [1.165, 1.54) is 4.31 Å². The van der Waals surface area contributed by atoms with Crippen molar-refractivity contribution in [1.82, 2.24) is 4.31 Å². The van der Waals surface area contributed by atoms with Gasteiger partial charge in [0.2, 0.25) is 10.0 Å². The third-order valence-corrected chi connectivity index (χ3v) is 4.43. The maximum Gasteiger partial charge on any atom is 0.214 e. The molecule has 1 fully saturated rings. The number of nitrogens with zero attached hydrogens (tertiary/aromatic N) is 1. The van der Waals surface area contributed by atoms with Crippen LogP contribution in [0, 0.1) is 5.92 Å². The second kappa shape index (κ2) is 4.13. The van der Waals surface area contributed by atoms with Crippen molar-refractivity contribution >= 4 is 21.6 Å². The molecule has 0 aromatic heterocycles. The van der Waals surface area contributed by atoms with Gasteiger partial charge < -0.3 is 5.11 Å². The van der Waals surface area contributed by atoms with E-state index in [4.69, 9.17) is 11.6 Å². The number of rotatable bonds is 3.